The summed E-state index contributed by atoms with van der Waals surface area (Å²) in [5, 5.41) is 8.64. The number of amides is 2. The third kappa shape index (κ3) is 3.67. The van der Waals surface area contributed by atoms with Crippen LogP contribution in [0.3, 0.4) is 0 Å². The van der Waals surface area contributed by atoms with E-state index in [1.165, 1.54) is 19.3 Å². The van der Waals surface area contributed by atoms with Crippen LogP contribution in [0.5, 0.6) is 0 Å². The maximum absolute atomic E-state index is 12.9. The highest BCUT2D eigenvalue weighted by atomic mass is 16.2. The van der Waals surface area contributed by atoms with Crippen molar-refractivity contribution in [3.63, 3.8) is 0 Å². The molecule has 2 aliphatic heterocycles. The van der Waals surface area contributed by atoms with Crippen LogP contribution in [0.4, 0.5) is 0 Å². The van der Waals surface area contributed by atoms with E-state index in [4.69, 9.17) is 0 Å². The molecule has 7 heteroatoms. The number of rotatable bonds is 3. The Morgan fingerprint density at radius 1 is 1.03 bits per heavy atom. The molecule has 2 saturated carbocycles. The quantitative estimate of drug-likeness (QED) is 0.624. The van der Waals surface area contributed by atoms with Crippen molar-refractivity contribution in [3.8, 4) is 0 Å². The minimum atomic E-state index is -0.147. The Balaban J connectivity index is 1.28. The number of carbonyl (C=O) groups excluding carboxylic acids is 2. The van der Waals surface area contributed by atoms with E-state index < -0.39 is 0 Å². The molecule has 0 bridgehead atoms. The molecule has 5 rings (SSSR count). The lowest BCUT2D eigenvalue weighted by Gasteiger charge is -2.46. The van der Waals surface area contributed by atoms with Crippen molar-refractivity contribution in [1.29, 1.82) is 0 Å². The van der Waals surface area contributed by atoms with E-state index >= 15 is 0 Å². The molecule has 5 atom stereocenters. The second-order valence-electron chi connectivity index (χ2n) is 9.03. The molecule has 0 radical (unpaired) electrons. The summed E-state index contributed by atoms with van der Waals surface area (Å²) >= 11 is 0. The predicted molar refractivity (Wildman–Crippen MR) is 109 cm³/mol. The van der Waals surface area contributed by atoms with Crippen molar-refractivity contribution in [2.45, 2.75) is 75.7 Å². The first-order valence-corrected chi connectivity index (χ1v) is 11.2. The highest BCUT2D eigenvalue weighted by molar-refractivity contribution is 5.83. The van der Waals surface area contributed by atoms with Crippen molar-refractivity contribution in [3.05, 3.63) is 35.9 Å². The van der Waals surface area contributed by atoms with Gasteiger partial charge < -0.3 is 10.6 Å². The number of nitrogens with one attached hydrogen (secondary N) is 4. The molecule has 4 N–H and O–H groups in total. The van der Waals surface area contributed by atoms with E-state index in [2.05, 4.69) is 38.7 Å². The highest BCUT2D eigenvalue weighted by Gasteiger charge is 2.51. The van der Waals surface area contributed by atoms with E-state index in [0.29, 0.717) is 6.04 Å². The summed E-state index contributed by atoms with van der Waals surface area (Å²) < 4.78 is 0. The molecular formula is C22H31N5O2. The van der Waals surface area contributed by atoms with E-state index in [-0.39, 0.29) is 41.9 Å². The molecule has 2 saturated heterocycles. The van der Waals surface area contributed by atoms with Crippen LogP contribution < -0.4 is 21.6 Å². The van der Waals surface area contributed by atoms with E-state index in [0.717, 1.165) is 37.7 Å². The fourth-order valence-electron chi connectivity index (χ4n) is 5.64. The van der Waals surface area contributed by atoms with Gasteiger partial charge in [0.15, 0.2) is 0 Å². The normalized spacial score (nSPS) is 35.4. The first-order chi connectivity index (χ1) is 14.2. The summed E-state index contributed by atoms with van der Waals surface area (Å²) in [7, 11) is 0. The van der Waals surface area contributed by atoms with Crippen LogP contribution in [0.25, 0.3) is 0 Å². The number of benzene rings is 1. The maximum atomic E-state index is 12.9. The van der Waals surface area contributed by atoms with E-state index in [1.807, 2.05) is 18.2 Å². The molecule has 156 valence electrons. The number of fused-ring (bicyclic) bond motifs is 3. The average Bonchev–Trinajstić information content (AvgIpc) is 3.19. The Kier molecular flexibility index (Phi) is 5.28. The second-order valence-corrected chi connectivity index (χ2v) is 9.03. The fourth-order valence-corrected chi connectivity index (χ4v) is 5.64. The smallest absolute Gasteiger partial charge is 0.226 e. The highest BCUT2D eigenvalue weighted by Crippen LogP contribution is 2.39. The Bertz CT molecular complexity index is 751. The van der Waals surface area contributed by atoms with E-state index in [1.54, 1.807) is 0 Å². The van der Waals surface area contributed by atoms with E-state index in [9.17, 15) is 9.59 Å². The zero-order chi connectivity index (χ0) is 19.8. The summed E-state index contributed by atoms with van der Waals surface area (Å²) in [5.41, 5.74) is 7.78. The monoisotopic (exact) mass is 397 g/mol. The summed E-state index contributed by atoms with van der Waals surface area (Å²) in [5.74, 6) is 0.231. The summed E-state index contributed by atoms with van der Waals surface area (Å²) in [6, 6.07) is 10.5. The van der Waals surface area contributed by atoms with Crippen molar-refractivity contribution in [1.82, 2.24) is 26.6 Å². The number of hydrogen-bond donors (Lipinski definition) is 4. The SMILES string of the molecule is O=C(NC1CCCCC1)C1CCC2C(=O)NC3C(c4ccccc4)NNN3C2C1. The Hall–Kier alpha value is -1.96. The van der Waals surface area contributed by atoms with Gasteiger partial charge in [-0.2, -0.15) is 5.53 Å². The van der Waals surface area contributed by atoms with Gasteiger partial charge in [-0.15, -0.1) is 0 Å². The zero-order valence-electron chi connectivity index (χ0n) is 16.8. The average molecular weight is 398 g/mol. The largest absolute Gasteiger partial charge is 0.353 e. The van der Waals surface area contributed by atoms with Gasteiger partial charge in [-0.1, -0.05) is 49.6 Å². The minimum absolute atomic E-state index is 0.0118. The first kappa shape index (κ1) is 19.0. The van der Waals surface area contributed by atoms with Gasteiger partial charge in [0.25, 0.3) is 0 Å². The topological polar surface area (TPSA) is 85.5 Å². The van der Waals surface area contributed by atoms with Crippen LogP contribution in [0, 0.1) is 11.8 Å². The van der Waals surface area contributed by atoms with Gasteiger partial charge >= 0.3 is 0 Å². The second kappa shape index (κ2) is 8.05. The molecule has 7 nitrogen and oxygen atoms in total. The van der Waals surface area contributed by atoms with Gasteiger partial charge in [-0.25, -0.2) is 10.4 Å². The van der Waals surface area contributed by atoms with Crippen molar-refractivity contribution in [2.24, 2.45) is 11.8 Å². The van der Waals surface area contributed by atoms with Gasteiger partial charge in [0.2, 0.25) is 11.8 Å². The van der Waals surface area contributed by atoms with Gasteiger partial charge in [0.1, 0.15) is 6.17 Å². The Morgan fingerprint density at radius 3 is 2.62 bits per heavy atom. The van der Waals surface area contributed by atoms with Gasteiger partial charge in [-0.05, 0) is 37.7 Å². The lowest BCUT2D eigenvalue weighted by molar-refractivity contribution is -0.143. The van der Waals surface area contributed by atoms with Crippen molar-refractivity contribution < 1.29 is 9.59 Å². The van der Waals surface area contributed by atoms with Crippen LogP contribution in [-0.2, 0) is 9.59 Å². The van der Waals surface area contributed by atoms with Crippen LogP contribution in [0.2, 0.25) is 0 Å². The molecule has 2 amide bonds. The van der Waals surface area contributed by atoms with Gasteiger partial charge in [0, 0.05) is 18.0 Å². The lowest BCUT2D eigenvalue weighted by Crippen LogP contribution is -2.66. The minimum Gasteiger partial charge on any atom is -0.353 e. The summed E-state index contributed by atoms with van der Waals surface area (Å²) in [4.78, 5) is 25.8. The Labute approximate surface area is 171 Å². The van der Waals surface area contributed by atoms with Crippen LogP contribution in [0.15, 0.2) is 30.3 Å². The molecule has 4 fully saturated rings. The lowest BCUT2D eigenvalue weighted by atomic mass is 9.75. The molecule has 4 aliphatic rings. The molecule has 29 heavy (non-hydrogen) atoms. The number of hydrazine groups is 2. The van der Waals surface area contributed by atoms with Crippen molar-refractivity contribution >= 4 is 11.8 Å². The number of nitrogens with zero attached hydrogens (tertiary/aromatic N) is 1. The molecular weight excluding hydrogens is 366 g/mol. The standard InChI is InChI=1S/C22H31N5O2/c28-21(23-16-9-5-2-6-10-16)15-11-12-17-18(13-15)27-20(24-22(17)29)19(25-26-27)14-7-3-1-4-8-14/h1,3-4,7-8,15-20,25-26H,2,5-6,9-13H2,(H,23,28)(H,24,29). The number of carbonyl (C=O) groups is 2. The third-order valence-electron chi connectivity index (χ3n) is 7.25. The summed E-state index contributed by atoms with van der Waals surface area (Å²) in [6.07, 6.45) is 8.05. The van der Waals surface area contributed by atoms with Crippen LogP contribution in [0.1, 0.15) is 63.0 Å². The van der Waals surface area contributed by atoms with Gasteiger partial charge in [-0.3, -0.25) is 9.59 Å². The molecule has 2 aliphatic carbocycles. The third-order valence-corrected chi connectivity index (χ3v) is 7.25. The molecule has 0 spiro atoms. The molecule has 1 aromatic carbocycles. The summed E-state index contributed by atoms with van der Waals surface area (Å²) in [6.45, 7) is 0. The first-order valence-electron chi connectivity index (χ1n) is 11.2. The van der Waals surface area contributed by atoms with Crippen LogP contribution in [-0.4, -0.2) is 35.1 Å². The van der Waals surface area contributed by atoms with Crippen molar-refractivity contribution in [2.75, 3.05) is 0 Å². The maximum Gasteiger partial charge on any atom is 0.226 e. The molecule has 5 unspecified atom stereocenters. The van der Waals surface area contributed by atoms with Gasteiger partial charge in [0.05, 0.1) is 12.0 Å². The predicted octanol–water partition coefficient (Wildman–Crippen LogP) is 1.74. The molecule has 2 heterocycles. The van der Waals surface area contributed by atoms with Crippen LogP contribution >= 0.6 is 0 Å². The Morgan fingerprint density at radius 2 is 1.83 bits per heavy atom. The molecule has 0 aromatic heterocycles. The number of hydrogen-bond acceptors (Lipinski definition) is 5. The molecule has 1 aromatic rings. The zero-order valence-corrected chi connectivity index (χ0v) is 16.8. The fraction of sp³-hybridized carbons (Fsp3) is 0.636.